The SMILES string of the molecule is CC(=O)OC[C@H]1O[C@H](OC2CCN(c3ccc([N+](=O)[O-])cc3[N+](=O)[O-])CC2)[C@H](OC(C)=O)[C@@H](OC(C)=O)[C@@H]1OC(C)=O. The van der Waals surface area contributed by atoms with Crippen LogP contribution < -0.4 is 4.90 Å². The number of anilines is 1. The number of nitro benzene ring substituents is 2. The largest absolute Gasteiger partial charge is 0.463 e. The minimum Gasteiger partial charge on any atom is -0.463 e. The molecule has 0 radical (unpaired) electrons. The molecular weight excluding hydrogens is 566 g/mol. The highest BCUT2D eigenvalue weighted by Crippen LogP contribution is 2.35. The molecule has 0 bridgehead atoms. The maximum Gasteiger partial charge on any atom is 0.303 e. The number of carbonyl (C=O) groups excluding carboxylic acids is 4. The second-order valence-electron chi connectivity index (χ2n) is 9.58. The average molecular weight is 598 g/mol. The van der Waals surface area contributed by atoms with Gasteiger partial charge < -0.3 is 33.3 Å². The summed E-state index contributed by atoms with van der Waals surface area (Å²) in [7, 11) is 0. The van der Waals surface area contributed by atoms with Crippen LogP contribution in [0.5, 0.6) is 0 Å². The monoisotopic (exact) mass is 597 g/mol. The molecule has 0 spiro atoms. The lowest BCUT2D eigenvalue weighted by Crippen LogP contribution is -2.63. The van der Waals surface area contributed by atoms with E-state index in [2.05, 4.69) is 0 Å². The van der Waals surface area contributed by atoms with Gasteiger partial charge in [0.25, 0.3) is 11.4 Å². The fraction of sp³-hybridized carbons (Fsp3) is 0.600. The van der Waals surface area contributed by atoms with Crippen molar-refractivity contribution in [3.8, 4) is 0 Å². The lowest BCUT2D eigenvalue weighted by atomic mass is 9.97. The van der Waals surface area contributed by atoms with Crippen molar-refractivity contribution in [2.24, 2.45) is 0 Å². The molecule has 0 N–H and O–H groups in total. The zero-order valence-electron chi connectivity index (χ0n) is 23.3. The van der Waals surface area contributed by atoms with E-state index in [1.165, 1.54) is 12.1 Å². The van der Waals surface area contributed by atoms with Gasteiger partial charge in [0.1, 0.15) is 18.4 Å². The molecule has 0 aromatic heterocycles. The van der Waals surface area contributed by atoms with E-state index in [4.69, 9.17) is 28.4 Å². The van der Waals surface area contributed by atoms with Crippen LogP contribution in [-0.4, -0.2) is 90.2 Å². The van der Waals surface area contributed by atoms with Gasteiger partial charge in [-0.15, -0.1) is 0 Å². The van der Waals surface area contributed by atoms with Crippen LogP contribution in [-0.2, 0) is 47.6 Å². The molecule has 2 heterocycles. The van der Waals surface area contributed by atoms with E-state index in [-0.39, 0.29) is 18.8 Å². The number of hydrogen-bond donors (Lipinski definition) is 0. The molecule has 3 rings (SSSR count). The fourth-order valence-corrected chi connectivity index (χ4v) is 4.76. The second kappa shape index (κ2) is 14.0. The Morgan fingerprint density at radius 3 is 1.95 bits per heavy atom. The number of benzene rings is 1. The number of rotatable bonds is 10. The molecule has 0 aliphatic carbocycles. The number of hydrogen-bond acceptors (Lipinski definition) is 15. The highest BCUT2D eigenvalue weighted by molar-refractivity contribution is 5.69. The summed E-state index contributed by atoms with van der Waals surface area (Å²) < 4.78 is 33.3. The number of carbonyl (C=O) groups is 4. The summed E-state index contributed by atoms with van der Waals surface area (Å²) in [5.74, 6) is -2.97. The van der Waals surface area contributed by atoms with E-state index < -0.39 is 88.5 Å². The third-order valence-electron chi connectivity index (χ3n) is 6.42. The van der Waals surface area contributed by atoms with Crippen LogP contribution in [0.25, 0.3) is 0 Å². The van der Waals surface area contributed by atoms with Gasteiger partial charge in [-0.3, -0.25) is 39.4 Å². The number of ether oxygens (including phenoxy) is 6. The molecule has 17 heteroatoms. The minimum absolute atomic E-state index is 0.205. The summed E-state index contributed by atoms with van der Waals surface area (Å²) in [6.45, 7) is 4.60. The number of piperidine rings is 1. The number of esters is 4. The summed E-state index contributed by atoms with van der Waals surface area (Å²) in [6.07, 6.45) is -6.52. The first-order valence-electron chi connectivity index (χ1n) is 12.9. The summed E-state index contributed by atoms with van der Waals surface area (Å²) in [5.41, 5.74) is -0.619. The smallest absolute Gasteiger partial charge is 0.303 e. The zero-order chi connectivity index (χ0) is 31.1. The van der Waals surface area contributed by atoms with Crippen molar-refractivity contribution in [3.05, 3.63) is 38.4 Å². The summed E-state index contributed by atoms with van der Waals surface area (Å²) in [4.78, 5) is 70.3. The van der Waals surface area contributed by atoms with Crippen molar-refractivity contribution in [1.82, 2.24) is 0 Å². The Bertz CT molecular complexity index is 1210. The van der Waals surface area contributed by atoms with E-state index in [9.17, 15) is 39.4 Å². The molecule has 0 amide bonds. The minimum atomic E-state index is -1.38. The van der Waals surface area contributed by atoms with E-state index >= 15 is 0 Å². The summed E-state index contributed by atoms with van der Waals surface area (Å²) in [5, 5.41) is 22.7. The molecule has 1 aromatic carbocycles. The van der Waals surface area contributed by atoms with Gasteiger partial charge in [-0.05, 0) is 18.9 Å². The normalized spacial score (nSPS) is 24.3. The van der Waals surface area contributed by atoms with Gasteiger partial charge in [0, 0.05) is 46.9 Å². The van der Waals surface area contributed by atoms with Crippen LogP contribution in [0.4, 0.5) is 17.1 Å². The Hall–Kier alpha value is -4.38. The lowest BCUT2D eigenvalue weighted by molar-refractivity contribution is -0.393. The van der Waals surface area contributed by atoms with Gasteiger partial charge in [0.2, 0.25) is 0 Å². The molecule has 2 aliphatic rings. The highest BCUT2D eigenvalue weighted by atomic mass is 16.7. The maximum absolute atomic E-state index is 12.0. The van der Waals surface area contributed by atoms with Crippen LogP contribution >= 0.6 is 0 Å². The fourth-order valence-electron chi connectivity index (χ4n) is 4.76. The van der Waals surface area contributed by atoms with Crippen LogP contribution in [0.3, 0.4) is 0 Å². The van der Waals surface area contributed by atoms with Crippen LogP contribution in [0.2, 0.25) is 0 Å². The molecule has 17 nitrogen and oxygen atoms in total. The van der Waals surface area contributed by atoms with Gasteiger partial charge in [-0.2, -0.15) is 0 Å². The molecule has 5 atom stereocenters. The topological polar surface area (TPSA) is 213 Å². The van der Waals surface area contributed by atoms with Crippen LogP contribution in [0.1, 0.15) is 40.5 Å². The average Bonchev–Trinajstić information content (AvgIpc) is 2.90. The van der Waals surface area contributed by atoms with Crippen molar-refractivity contribution < 1.29 is 57.4 Å². The van der Waals surface area contributed by atoms with Crippen molar-refractivity contribution in [3.63, 3.8) is 0 Å². The van der Waals surface area contributed by atoms with E-state index in [0.29, 0.717) is 12.8 Å². The lowest BCUT2D eigenvalue weighted by Gasteiger charge is -2.45. The highest BCUT2D eigenvalue weighted by Gasteiger charge is 2.53. The van der Waals surface area contributed by atoms with E-state index in [0.717, 1.165) is 33.8 Å². The standard InChI is InChI=1S/C25H31N3O14/c1-13(29)37-12-21-22(38-14(2)30)23(39-15(3)31)24(40-16(4)32)25(42-21)41-18-7-9-26(10-8-18)19-6-5-17(27(33)34)11-20(19)28(35)36/h5-6,11,18,21-25H,7-10,12H2,1-4H3/t21-,22-,23+,24-,25+/m1/s1. The third-order valence-corrected chi connectivity index (χ3v) is 6.42. The first kappa shape index (κ1) is 32.1. The predicted octanol–water partition coefficient (Wildman–Crippen LogP) is 1.57. The quantitative estimate of drug-likeness (QED) is 0.162. The van der Waals surface area contributed by atoms with Gasteiger partial charge in [0.15, 0.2) is 24.6 Å². The first-order chi connectivity index (χ1) is 19.8. The first-order valence-corrected chi connectivity index (χ1v) is 12.9. The number of nitrogens with zero attached hydrogens (tertiary/aromatic N) is 3. The molecule has 2 fully saturated rings. The van der Waals surface area contributed by atoms with E-state index in [1.807, 2.05) is 0 Å². The Morgan fingerprint density at radius 2 is 1.43 bits per heavy atom. The maximum atomic E-state index is 12.0. The second-order valence-corrected chi connectivity index (χ2v) is 9.58. The van der Waals surface area contributed by atoms with Crippen molar-refractivity contribution in [2.75, 3.05) is 24.6 Å². The molecule has 42 heavy (non-hydrogen) atoms. The van der Waals surface area contributed by atoms with Crippen molar-refractivity contribution in [2.45, 2.75) is 77.3 Å². The molecule has 2 aliphatic heterocycles. The van der Waals surface area contributed by atoms with Crippen LogP contribution in [0.15, 0.2) is 18.2 Å². The van der Waals surface area contributed by atoms with Gasteiger partial charge in [0.05, 0.1) is 22.0 Å². The Labute approximate surface area is 239 Å². The Balaban J connectivity index is 1.83. The van der Waals surface area contributed by atoms with Gasteiger partial charge in [-0.25, -0.2) is 0 Å². The van der Waals surface area contributed by atoms with Crippen molar-refractivity contribution >= 4 is 40.9 Å². The van der Waals surface area contributed by atoms with Gasteiger partial charge in [-0.1, -0.05) is 0 Å². The molecule has 0 unspecified atom stereocenters. The molecule has 230 valence electrons. The summed E-state index contributed by atoms with van der Waals surface area (Å²) >= 11 is 0. The van der Waals surface area contributed by atoms with Gasteiger partial charge >= 0.3 is 23.9 Å². The number of nitro groups is 2. The third kappa shape index (κ3) is 8.32. The molecule has 2 saturated heterocycles. The zero-order valence-corrected chi connectivity index (χ0v) is 23.3. The molecule has 0 saturated carbocycles. The molecule has 1 aromatic rings. The Kier molecular flexibility index (Phi) is 10.7. The Morgan fingerprint density at radius 1 is 0.857 bits per heavy atom. The number of non-ortho nitro benzene ring substituents is 1. The van der Waals surface area contributed by atoms with Crippen molar-refractivity contribution in [1.29, 1.82) is 0 Å². The molecular formula is C25H31N3O14. The van der Waals surface area contributed by atoms with Crippen LogP contribution in [0, 0.1) is 20.2 Å². The summed E-state index contributed by atoms with van der Waals surface area (Å²) in [6, 6.07) is 3.40. The predicted molar refractivity (Wildman–Crippen MR) is 138 cm³/mol. The van der Waals surface area contributed by atoms with E-state index in [1.54, 1.807) is 4.90 Å².